The van der Waals surface area contributed by atoms with Gasteiger partial charge >= 0.3 is 0 Å². The lowest BCUT2D eigenvalue weighted by atomic mass is 10.1. The van der Waals surface area contributed by atoms with E-state index in [2.05, 4.69) is 24.4 Å². The fraction of sp³-hybridized carbons (Fsp3) is 0.714. The normalized spacial score (nSPS) is 19.5. The molecule has 1 fully saturated rings. The quantitative estimate of drug-likeness (QED) is 0.736. The van der Waals surface area contributed by atoms with Crippen LogP contribution in [0.4, 0.5) is 0 Å². The standard InChI is InChI=1S/C14H23NO2S/c1-2-6-15-8-13-3-4-14(18-13)11-17-10-12-5-7-16-9-12/h3-4,12,15H,2,5-11H2,1H3. The first-order valence-electron chi connectivity index (χ1n) is 6.82. The zero-order valence-corrected chi connectivity index (χ0v) is 11.9. The van der Waals surface area contributed by atoms with Crippen LogP contribution in [0.2, 0.25) is 0 Å². The van der Waals surface area contributed by atoms with Gasteiger partial charge in [0.1, 0.15) is 0 Å². The Hall–Kier alpha value is -0.420. The predicted octanol–water partition coefficient (Wildman–Crippen LogP) is 2.80. The van der Waals surface area contributed by atoms with E-state index in [0.717, 1.165) is 45.9 Å². The molecule has 102 valence electrons. The number of thiophene rings is 1. The summed E-state index contributed by atoms with van der Waals surface area (Å²) < 4.78 is 11.1. The smallest absolute Gasteiger partial charge is 0.0809 e. The van der Waals surface area contributed by atoms with Gasteiger partial charge in [-0.1, -0.05) is 6.92 Å². The van der Waals surface area contributed by atoms with Crippen molar-refractivity contribution in [3.8, 4) is 0 Å². The van der Waals surface area contributed by atoms with Gasteiger partial charge in [0, 0.05) is 28.8 Å². The maximum atomic E-state index is 5.75. The molecule has 1 aromatic rings. The van der Waals surface area contributed by atoms with Crippen LogP contribution in [-0.2, 0) is 22.6 Å². The summed E-state index contributed by atoms with van der Waals surface area (Å²) in [5, 5.41) is 3.42. The predicted molar refractivity (Wildman–Crippen MR) is 74.9 cm³/mol. The molecule has 3 nitrogen and oxygen atoms in total. The van der Waals surface area contributed by atoms with Crippen LogP contribution in [0.1, 0.15) is 29.5 Å². The van der Waals surface area contributed by atoms with E-state index in [0.29, 0.717) is 5.92 Å². The summed E-state index contributed by atoms with van der Waals surface area (Å²) in [6, 6.07) is 4.38. The number of hydrogen-bond donors (Lipinski definition) is 1. The zero-order valence-electron chi connectivity index (χ0n) is 11.1. The molecule has 1 aromatic heterocycles. The second-order valence-corrected chi connectivity index (χ2v) is 6.04. The van der Waals surface area contributed by atoms with Crippen molar-refractivity contribution in [1.82, 2.24) is 5.32 Å². The highest BCUT2D eigenvalue weighted by molar-refractivity contribution is 7.11. The molecule has 1 aliphatic rings. The summed E-state index contributed by atoms with van der Waals surface area (Å²) in [6.45, 7) is 7.61. The monoisotopic (exact) mass is 269 g/mol. The van der Waals surface area contributed by atoms with Crippen molar-refractivity contribution in [2.75, 3.05) is 26.4 Å². The molecular formula is C14H23NO2S. The Kier molecular flexibility index (Phi) is 6.14. The summed E-state index contributed by atoms with van der Waals surface area (Å²) in [6.07, 6.45) is 2.33. The highest BCUT2D eigenvalue weighted by Crippen LogP contribution is 2.18. The molecule has 4 heteroatoms. The van der Waals surface area contributed by atoms with E-state index in [-0.39, 0.29) is 0 Å². The van der Waals surface area contributed by atoms with Crippen LogP contribution in [0.15, 0.2) is 12.1 Å². The Balaban J connectivity index is 1.63. The van der Waals surface area contributed by atoms with Crippen LogP contribution < -0.4 is 5.32 Å². The summed E-state index contributed by atoms with van der Waals surface area (Å²) in [7, 11) is 0. The molecule has 0 saturated carbocycles. The molecule has 0 aliphatic carbocycles. The average molecular weight is 269 g/mol. The van der Waals surface area contributed by atoms with Crippen molar-refractivity contribution >= 4 is 11.3 Å². The lowest BCUT2D eigenvalue weighted by Gasteiger charge is -2.07. The zero-order chi connectivity index (χ0) is 12.6. The van der Waals surface area contributed by atoms with Gasteiger partial charge in [-0.25, -0.2) is 0 Å². The molecule has 2 heterocycles. The largest absolute Gasteiger partial charge is 0.381 e. The van der Waals surface area contributed by atoms with Crippen LogP contribution in [0.25, 0.3) is 0 Å². The van der Waals surface area contributed by atoms with Crippen LogP contribution >= 0.6 is 11.3 Å². The maximum absolute atomic E-state index is 5.75. The Morgan fingerprint density at radius 2 is 2.33 bits per heavy atom. The molecule has 0 radical (unpaired) electrons. The fourth-order valence-electron chi connectivity index (χ4n) is 2.02. The molecule has 0 aromatic carbocycles. The maximum Gasteiger partial charge on any atom is 0.0809 e. The summed E-state index contributed by atoms with van der Waals surface area (Å²) in [5.41, 5.74) is 0. The Morgan fingerprint density at radius 1 is 1.44 bits per heavy atom. The van der Waals surface area contributed by atoms with Crippen molar-refractivity contribution in [3.05, 3.63) is 21.9 Å². The molecule has 1 unspecified atom stereocenters. The van der Waals surface area contributed by atoms with Gasteiger partial charge in [0.05, 0.1) is 19.8 Å². The van der Waals surface area contributed by atoms with Crippen molar-refractivity contribution in [3.63, 3.8) is 0 Å². The number of nitrogens with one attached hydrogen (secondary N) is 1. The minimum absolute atomic E-state index is 0.607. The molecule has 0 spiro atoms. The van der Waals surface area contributed by atoms with E-state index in [1.807, 2.05) is 11.3 Å². The molecule has 0 bridgehead atoms. The molecular weight excluding hydrogens is 246 g/mol. The van der Waals surface area contributed by atoms with Crippen LogP contribution in [0, 0.1) is 5.92 Å². The van der Waals surface area contributed by atoms with Gasteiger partial charge in [-0.05, 0) is 31.5 Å². The van der Waals surface area contributed by atoms with Crippen molar-refractivity contribution in [2.45, 2.75) is 32.9 Å². The van der Waals surface area contributed by atoms with Gasteiger partial charge in [-0.3, -0.25) is 0 Å². The third-order valence-electron chi connectivity index (χ3n) is 3.07. The van der Waals surface area contributed by atoms with Gasteiger partial charge in [0.25, 0.3) is 0 Å². The van der Waals surface area contributed by atoms with Crippen molar-refractivity contribution in [2.24, 2.45) is 5.92 Å². The highest BCUT2D eigenvalue weighted by atomic mass is 32.1. The van der Waals surface area contributed by atoms with Gasteiger partial charge in [0.2, 0.25) is 0 Å². The lowest BCUT2D eigenvalue weighted by Crippen LogP contribution is -2.12. The summed E-state index contributed by atoms with van der Waals surface area (Å²) in [5.74, 6) is 0.607. The van der Waals surface area contributed by atoms with E-state index in [9.17, 15) is 0 Å². The first-order valence-corrected chi connectivity index (χ1v) is 7.64. The summed E-state index contributed by atoms with van der Waals surface area (Å²) >= 11 is 1.85. The Bertz CT molecular complexity index is 334. The Morgan fingerprint density at radius 3 is 3.11 bits per heavy atom. The minimum atomic E-state index is 0.607. The van der Waals surface area contributed by atoms with Crippen LogP contribution in [0.5, 0.6) is 0 Å². The molecule has 1 saturated heterocycles. The number of ether oxygens (including phenoxy) is 2. The van der Waals surface area contributed by atoms with Crippen molar-refractivity contribution < 1.29 is 9.47 Å². The van der Waals surface area contributed by atoms with E-state index < -0.39 is 0 Å². The first kappa shape index (κ1) is 14.0. The van der Waals surface area contributed by atoms with Gasteiger partial charge in [-0.2, -0.15) is 0 Å². The van der Waals surface area contributed by atoms with Crippen LogP contribution in [-0.4, -0.2) is 26.4 Å². The lowest BCUT2D eigenvalue weighted by molar-refractivity contribution is 0.0806. The fourth-order valence-corrected chi connectivity index (χ4v) is 2.95. The Labute approximate surface area is 113 Å². The van der Waals surface area contributed by atoms with Gasteiger partial charge in [0.15, 0.2) is 0 Å². The molecule has 1 aliphatic heterocycles. The van der Waals surface area contributed by atoms with Gasteiger partial charge < -0.3 is 14.8 Å². The minimum Gasteiger partial charge on any atom is -0.381 e. The molecule has 2 rings (SSSR count). The number of rotatable bonds is 8. The van der Waals surface area contributed by atoms with Gasteiger partial charge in [-0.15, -0.1) is 11.3 Å². The molecule has 1 N–H and O–H groups in total. The van der Waals surface area contributed by atoms with E-state index in [4.69, 9.17) is 9.47 Å². The van der Waals surface area contributed by atoms with E-state index in [1.165, 1.54) is 16.2 Å². The number of hydrogen-bond acceptors (Lipinski definition) is 4. The third-order valence-corrected chi connectivity index (χ3v) is 4.12. The third kappa shape index (κ3) is 4.69. The average Bonchev–Trinajstić information content (AvgIpc) is 3.01. The second kappa shape index (κ2) is 7.89. The highest BCUT2D eigenvalue weighted by Gasteiger charge is 2.15. The SMILES string of the molecule is CCCNCc1ccc(COCC2CCOC2)s1. The van der Waals surface area contributed by atoms with E-state index >= 15 is 0 Å². The molecule has 1 atom stereocenters. The summed E-state index contributed by atoms with van der Waals surface area (Å²) in [4.78, 5) is 2.72. The van der Waals surface area contributed by atoms with Crippen molar-refractivity contribution in [1.29, 1.82) is 0 Å². The molecule has 18 heavy (non-hydrogen) atoms. The van der Waals surface area contributed by atoms with E-state index in [1.54, 1.807) is 0 Å². The van der Waals surface area contributed by atoms with Crippen LogP contribution in [0.3, 0.4) is 0 Å². The topological polar surface area (TPSA) is 30.5 Å². The first-order chi connectivity index (χ1) is 8.88. The molecule has 0 amide bonds. The second-order valence-electron chi connectivity index (χ2n) is 4.79.